The number of carbonyl (C=O) groups is 1. The average Bonchev–Trinajstić information content (AvgIpc) is 2.45. The zero-order valence-corrected chi connectivity index (χ0v) is 12.5. The molecule has 0 atom stereocenters. The highest BCUT2D eigenvalue weighted by Gasteiger charge is 2.14. The van der Waals surface area contributed by atoms with Crippen molar-refractivity contribution in [3.05, 3.63) is 58.1 Å². The van der Waals surface area contributed by atoms with E-state index in [1.54, 1.807) is 7.11 Å². The Morgan fingerprint density at radius 1 is 1.24 bits per heavy atom. The molecule has 0 saturated carbocycles. The van der Waals surface area contributed by atoms with Crippen LogP contribution >= 0.6 is 11.6 Å². The monoisotopic (exact) mass is 306 g/mol. The minimum Gasteiger partial charge on any atom is -0.507 e. The van der Waals surface area contributed by atoms with E-state index in [-0.39, 0.29) is 17.9 Å². The van der Waals surface area contributed by atoms with Crippen LogP contribution in [0, 0.1) is 6.92 Å². The molecule has 21 heavy (non-hydrogen) atoms. The first-order valence-corrected chi connectivity index (χ1v) is 6.68. The Balaban J connectivity index is 2.12. The molecule has 2 rings (SSSR count). The fourth-order valence-corrected chi connectivity index (χ4v) is 2.08. The summed E-state index contributed by atoms with van der Waals surface area (Å²) in [5.41, 5.74) is 1.88. The van der Waals surface area contributed by atoms with Gasteiger partial charge < -0.3 is 14.6 Å². The molecule has 0 aliphatic heterocycles. The molecule has 2 aromatic carbocycles. The number of hydrogen-bond acceptors (Lipinski definition) is 4. The number of halogens is 1. The number of aromatic hydroxyl groups is 1. The summed E-state index contributed by atoms with van der Waals surface area (Å²) < 4.78 is 10.4. The predicted molar refractivity (Wildman–Crippen MR) is 80.0 cm³/mol. The van der Waals surface area contributed by atoms with E-state index in [4.69, 9.17) is 21.1 Å². The second kappa shape index (κ2) is 6.50. The molecule has 0 heterocycles. The van der Waals surface area contributed by atoms with Crippen molar-refractivity contribution in [1.29, 1.82) is 0 Å². The number of benzene rings is 2. The number of esters is 1. The van der Waals surface area contributed by atoms with Gasteiger partial charge in [-0.15, -0.1) is 0 Å². The Bertz CT molecular complexity index is 667. The van der Waals surface area contributed by atoms with Gasteiger partial charge in [-0.25, -0.2) is 4.79 Å². The maximum atomic E-state index is 12.0. The summed E-state index contributed by atoms with van der Waals surface area (Å²) in [5.74, 6) is -0.176. The number of hydrogen-bond donors (Lipinski definition) is 1. The van der Waals surface area contributed by atoms with E-state index >= 15 is 0 Å². The van der Waals surface area contributed by atoms with Crippen LogP contribution in [0.25, 0.3) is 0 Å². The molecule has 0 aromatic heterocycles. The lowest BCUT2D eigenvalue weighted by Gasteiger charge is -2.11. The van der Waals surface area contributed by atoms with Crippen LogP contribution in [-0.4, -0.2) is 18.2 Å². The number of phenolic OH excluding ortho intramolecular Hbond substituents is 1. The van der Waals surface area contributed by atoms with Gasteiger partial charge in [-0.3, -0.25) is 0 Å². The van der Waals surface area contributed by atoms with Gasteiger partial charge in [0.25, 0.3) is 0 Å². The Labute approximate surface area is 127 Å². The summed E-state index contributed by atoms with van der Waals surface area (Å²) in [4.78, 5) is 12.0. The first-order valence-electron chi connectivity index (χ1n) is 6.30. The normalized spacial score (nSPS) is 10.2. The minimum absolute atomic E-state index is 0.0613. The number of rotatable bonds is 4. The molecule has 1 N–H and O–H groups in total. The van der Waals surface area contributed by atoms with Crippen molar-refractivity contribution in [2.45, 2.75) is 13.5 Å². The Kier molecular flexibility index (Phi) is 4.70. The smallest absolute Gasteiger partial charge is 0.342 e. The number of aryl methyl sites for hydroxylation is 1. The van der Waals surface area contributed by atoms with Crippen LogP contribution in [0.15, 0.2) is 36.4 Å². The highest BCUT2D eigenvalue weighted by atomic mass is 35.5. The van der Waals surface area contributed by atoms with Crippen molar-refractivity contribution < 1.29 is 19.4 Å². The van der Waals surface area contributed by atoms with Crippen LogP contribution in [0.3, 0.4) is 0 Å². The Morgan fingerprint density at radius 3 is 2.67 bits per heavy atom. The second-order valence-electron chi connectivity index (χ2n) is 4.55. The van der Waals surface area contributed by atoms with Crippen molar-refractivity contribution in [2.24, 2.45) is 0 Å². The first kappa shape index (κ1) is 15.2. The van der Waals surface area contributed by atoms with Crippen molar-refractivity contribution in [1.82, 2.24) is 0 Å². The maximum Gasteiger partial charge on any atom is 0.342 e. The van der Waals surface area contributed by atoms with Gasteiger partial charge in [0.2, 0.25) is 0 Å². The number of carbonyl (C=O) groups excluding carboxylic acids is 1. The lowest BCUT2D eigenvalue weighted by molar-refractivity contribution is 0.0467. The molecule has 0 aliphatic carbocycles. The van der Waals surface area contributed by atoms with E-state index in [2.05, 4.69) is 0 Å². The quantitative estimate of drug-likeness (QED) is 0.875. The highest BCUT2D eigenvalue weighted by molar-refractivity contribution is 6.30. The lowest BCUT2D eigenvalue weighted by atomic mass is 10.1. The van der Waals surface area contributed by atoms with E-state index < -0.39 is 5.97 Å². The van der Waals surface area contributed by atoms with E-state index in [0.29, 0.717) is 10.8 Å². The Morgan fingerprint density at radius 2 is 2.00 bits per heavy atom. The molecule has 2 aromatic rings. The summed E-state index contributed by atoms with van der Waals surface area (Å²) in [7, 11) is 1.56. The van der Waals surface area contributed by atoms with Crippen LogP contribution in [0.1, 0.15) is 21.5 Å². The van der Waals surface area contributed by atoms with Crippen LogP contribution in [-0.2, 0) is 11.3 Å². The van der Waals surface area contributed by atoms with Crippen molar-refractivity contribution in [3.63, 3.8) is 0 Å². The molecule has 4 nitrogen and oxygen atoms in total. The van der Waals surface area contributed by atoms with E-state index in [0.717, 1.165) is 11.1 Å². The van der Waals surface area contributed by atoms with Gasteiger partial charge in [0, 0.05) is 10.6 Å². The molecule has 0 saturated heterocycles. The number of methoxy groups -OCH3 is 1. The predicted octanol–water partition coefficient (Wildman–Crippen LogP) is 3.72. The van der Waals surface area contributed by atoms with Gasteiger partial charge in [0.1, 0.15) is 23.7 Å². The number of phenols is 1. The summed E-state index contributed by atoms with van der Waals surface area (Å²) in [6.07, 6.45) is 0. The first-order chi connectivity index (χ1) is 10.0. The second-order valence-corrected chi connectivity index (χ2v) is 4.99. The van der Waals surface area contributed by atoms with Gasteiger partial charge in [-0.2, -0.15) is 0 Å². The zero-order valence-electron chi connectivity index (χ0n) is 11.7. The maximum absolute atomic E-state index is 12.0. The fourth-order valence-electron chi connectivity index (χ4n) is 1.92. The van der Waals surface area contributed by atoms with Gasteiger partial charge in [-0.05, 0) is 37.3 Å². The third-order valence-corrected chi connectivity index (χ3v) is 3.21. The van der Waals surface area contributed by atoms with Gasteiger partial charge in [0.15, 0.2) is 0 Å². The van der Waals surface area contributed by atoms with E-state index in [1.165, 1.54) is 18.2 Å². The van der Waals surface area contributed by atoms with E-state index in [9.17, 15) is 9.90 Å². The fraction of sp³-hybridized carbons (Fsp3) is 0.188. The molecule has 5 heteroatoms. The molecule has 110 valence electrons. The van der Waals surface area contributed by atoms with Crippen LogP contribution < -0.4 is 4.74 Å². The summed E-state index contributed by atoms with van der Waals surface area (Å²) in [6, 6.07) is 9.85. The minimum atomic E-state index is -0.618. The largest absolute Gasteiger partial charge is 0.507 e. The topological polar surface area (TPSA) is 55.8 Å². The number of ether oxygens (including phenoxy) is 2. The third kappa shape index (κ3) is 3.67. The van der Waals surface area contributed by atoms with Gasteiger partial charge >= 0.3 is 5.97 Å². The van der Waals surface area contributed by atoms with Crippen molar-refractivity contribution in [2.75, 3.05) is 7.11 Å². The van der Waals surface area contributed by atoms with Crippen LogP contribution in [0.2, 0.25) is 5.02 Å². The molecule has 0 bridgehead atoms. The molecule has 0 fully saturated rings. The molecule has 0 amide bonds. The molecule has 0 aliphatic rings. The SMILES string of the molecule is COc1ccc(C)cc1COC(=O)c1ccc(Cl)cc1O. The van der Waals surface area contributed by atoms with Gasteiger partial charge in [-0.1, -0.05) is 23.2 Å². The zero-order chi connectivity index (χ0) is 15.4. The Hall–Kier alpha value is -2.20. The standard InChI is InChI=1S/C16H15ClO4/c1-10-3-6-15(20-2)11(7-10)9-21-16(19)13-5-4-12(17)8-14(13)18/h3-8,18H,9H2,1-2H3. The molecule has 0 radical (unpaired) electrons. The van der Waals surface area contributed by atoms with Crippen molar-refractivity contribution >= 4 is 17.6 Å². The average molecular weight is 307 g/mol. The lowest BCUT2D eigenvalue weighted by Crippen LogP contribution is -2.06. The molecular formula is C16H15ClO4. The summed E-state index contributed by atoms with van der Waals surface area (Å²) in [6.45, 7) is 2.00. The molecule has 0 spiro atoms. The van der Waals surface area contributed by atoms with Crippen LogP contribution in [0.5, 0.6) is 11.5 Å². The third-order valence-electron chi connectivity index (χ3n) is 2.97. The van der Waals surface area contributed by atoms with Crippen molar-refractivity contribution in [3.8, 4) is 11.5 Å². The molecule has 0 unspecified atom stereocenters. The van der Waals surface area contributed by atoms with E-state index in [1.807, 2.05) is 25.1 Å². The van der Waals surface area contributed by atoms with Gasteiger partial charge in [0.05, 0.1) is 7.11 Å². The summed E-state index contributed by atoms with van der Waals surface area (Å²) in [5, 5.41) is 10.0. The highest BCUT2D eigenvalue weighted by Crippen LogP contribution is 2.24. The molecular weight excluding hydrogens is 292 g/mol. The van der Waals surface area contributed by atoms with Crippen LogP contribution in [0.4, 0.5) is 0 Å². The summed E-state index contributed by atoms with van der Waals surface area (Å²) >= 11 is 5.72.